The molecule has 0 amide bonds. The quantitative estimate of drug-likeness (QED) is 0.889. The monoisotopic (exact) mass is 251 g/mol. The predicted octanol–water partition coefficient (Wildman–Crippen LogP) is 3.04. The van der Waals surface area contributed by atoms with E-state index in [0.29, 0.717) is 17.5 Å². The lowest BCUT2D eigenvalue weighted by molar-refractivity contribution is 0.133. The van der Waals surface area contributed by atoms with Crippen molar-refractivity contribution >= 4 is 0 Å². The Balaban J connectivity index is 1.86. The minimum absolute atomic E-state index is 0.232. The lowest BCUT2D eigenvalue weighted by atomic mass is 10.0. The van der Waals surface area contributed by atoms with Gasteiger partial charge in [0.2, 0.25) is 0 Å². The highest BCUT2D eigenvalue weighted by molar-refractivity contribution is 5.24. The molecule has 1 N–H and O–H groups in total. The van der Waals surface area contributed by atoms with Crippen LogP contribution in [0.25, 0.3) is 0 Å². The summed E-state index contributed by atoms with van der Waals surface area (Å²) in [5.41, 5.74) is 1.32. The first-order valence-corrected chi connectivity index (χ1v) is 6.83. The third-order valence-corrected chi connectivity index (χ3v) is 3.75. The lowest BCUT2D eigenvalue weighted by Gasteiger charge is -2.27. The number of halogens is 1. The second-order valence-electron chi connectivity index (χ2n) is 5.22. The molecule has 0 spiro atoms. The van der Waals surface area contributed by atoms with Crippen molar-refractivity contribution in [1.29, 1.82) is 0 Å². The molecule has 2 nitrogen and oxygen atoms in total. The highest BCUT2D eigenvalue weighted by Crippen LogP contribution is 2.20. The zero-order chi connectivity index (χ0) is 13.0. The number of aliphatic hydroxyl groups excluding tert-OH is 1. The largest absolute Gasteiger partial charge is 0.388 e. The maximum absolute atomic E-state index is 13.4. The van der Waals surface area contributed by atoms with Gasteiger partial charge < -0.3 is 10.0 Å². The van der Waals surface area contributed by atoms with Gasteiger partial charge in [0.05, 0.1) is 6.10 Å². The molecule has 0 bridgehead atoms. The smallest absolute Gasteiger partial charge is 0.126 e. The van der Waals surface area contributed by atoms with Crippen LogP contribution in [0.2, 0.25) is 0 Å². The van der Waals surface area contributed by atoms with Crippen molar-refractivity contribution in [3.63, 3.8) is 0 Å². The molecule has 100 valence electrons. The van der Waals surface area contributed by atoms with E-state index in [-0.39, 0.29) is 5.82 Å². The third-order valence-electron chi connectivity index (χ3n) is 3.75. The van der Waals surface area contributed by atoms with Crippen LogP contribution in [-0.4, -0.2) is 29.6 Å². The number of likely N-dealkylation sites (tertiary alicyclic amines) is 1. The molecule has 1 unspecified atom stereocenters. The van der Waals surface area contributed by atoms with Gasteiger partial charge in [0.25, 0.3) is 0 Å². The molecule has 0 saturated carbocycles. The number of nitrogens with zero attached hydrogens (tertiary/aromatic N) is 1. The van der Waals surface area contributed by atoms with Crippen LogP contribution in [0.5, 0.6) is 0 Å². The summed E-state index contributed by atoms with van der Waals surface area (Å²) >= 11 is 0. The van der Waals surface area contributed by atoms with Crippen LogP contribution in [0, 0.1) is 12.7 Å². The Morgan fingerprint density at radius 3 is 2.67 bits per heavy atom. The number of benzene rings is 1. The summed E-state index contributed by atoms with van der Waals surface area (Å²) in [4.78, 5) is 2.39. The minimum atomic E-state index is -0.554. The van der Waals surface area contributed by atoms with Gasteiger partial charge in [0.15, 0.2) is 0 Å². The number of hydrogen-bond donors (Lipinski definition) is 1. The first-order valence-electron chi connectivity index (χ1n) is 6.83. The lowest BCUT2D eigenvalue weighted by Crippen LogP contribution is -2.31. The van der Waals surface area contributed by atoms with Crippen molar-refractivity contribution in [1.82, 2.24) is 4.90 Å². The van der Waals surface area contributed by atoms with Gasteiger partial charge in [0, 0.05) is 6.54 Å². The van der Waals surface area contributed by atoms with Crippen LogP contribution in [0.4, 0.5) is 4.39 Å². The zero-order valence-electron chi connectivity index (χ0n) is 11.0. The molecule has 3 heteroatoms. The minimum Gasteiger partial charge on any atom is -0.388 e. The summed E-state index contributed by atoms with van der Waals surface area (Å²) in [6.45, 7) is 4.90. The van der Waals surface area contributed by atoms with E-state index in [2.05, 4.69) is 4.90 Å². The first kappa shape index (κ1) is 13.5. The molecule has 1 aromatic carbocycles. The molecule has 1 aliphatic heterocycles. The fourth-order valence-electron chi connectivity index (χ4n) is 2.47. The number of aryl methyl sites for hydroxylation is 1. The molecular formula is C15H22FNO. The fourth-order valence-corrected chi connectivity index (χ4v) is 2.47. The molecule has 2 rings (SSSR count). The van der Waals surface area contributed by atoms with Crippen LogP contribution >= 0.6 is 0 Å². The second-order valence-corrected chi connectivity index (χ2v) is 5.22. The van der Waals surface area contributed by atoms with Gasteiger partial charge in [-0.05, 0) is 56.5 Å². The average Bonchev–Trinajstić information content (AvgIpc) is 2.40. The molecule has 18 heavy (non-hydrogen) atoms. The maximum Gasteiger partial charge on any atom is 0.126 e. The Morgan fingerprint density at radius 2 is 2.00 bits per heavy atom. The van der Waals surface area contributed by atoms with Gasteiger partial charge in [-0.1, -0.05) is 18.6 Å². The van der Waals surface area contributed by atoms with Crippen molar-refractivity contribution < 1.29 is 9.50 Å². The normalized spacial score (nSPS) is 18.8. The fraction of sp³-hybridized carbons (Fsp3) is 0.600. The van der Waals surface area contributed by atoms with E-state index >= 15 is 0 Å². The molecule has 0 aliphatic carbocycles. The Labute approximate surface area is 108 Å². The molecule has 1 saturated heterocycles. The molecule has 1 atom stereocenters. The second kappa shape index (κ2) is 6.30. The van der Waals surface area contributed by atoms with E-state index < -0.39 is 6.10 Å². The van der Waals surface area contributed by atoms with Gasteiger partial charge in [-0.2, -0.15) is 0 Å². The van der Waals surface area contributed by atoms with E-state index in [0.717, 1.165) is 19.6 Å². The number of piperidine rings is 1. The van der Waals surface area contributed by atoms with Crippen molar-refractivity contribution in [2.75, 3.05) is 19.6 Å². The van der Waals surface area contributed by atoms with E-state index in [4.69, 9.17) is 0 Å². The van der Waals surface area contributed by atoms with Crippen LogP contribution in [-0.2, 0) is 0 Å². The highest BCUT2D eigenvalue weighted by atomic mass is 19.1. The van der Waals surface area contributed by atoms with Crippen molar-refractivity contribution in [3.8, 4) is 0 Å². The summed E-state index contributed by atoms with van der Waals surface area (Å²) < 4.78 is 13.4. The molecule has 1 heterocycles. The topological polar surface area (TPSA) is 23.5 Å². The molecule has 1 aromatic rings. The first-order chi connectivity index (χ1) is 8.66. The Kier molecular flexibility index (Phi) is 4.72. The van der Waals surface area contributed by atoms with Gasteiger partial charge >= 0.3 is 0 Å². The SMILES string of the molecule is Cc1ccc(C(O)CCN2CCCCC2)cc1F. The summed E-state index contributed by atoms with van der Waals surface area (Å²) in [7, 11) is 0. The van der Waals surface area contributed by atoms with E-state index in [1.54, 1.807) is 13.0 Å². The Morgan fingerprint density at radius 1 is 1.28 bits per heavy atom. The van der Waals surface area contributed by atoms with Crippen molar-refractivity contribution in [3.05, 3.63) is 35.1 Å². The van der Waals surface area contributed by atoms with Gasteiger partial charge in [-0.25, -0.2) is 4.39 Å². The zero-order valence-corrected chi connectivity index (χ0v) is 11.0. The highest BCUT2D eigenvalue weighted by Gasteiger charge is 2.14. The molecule has 0 aromatic heterocycles. The third kappa shape index (κ3) is 3.53. The van der Waals surface area contributed by atoms with Gasteiger partial charge in [-0.3, -0.25) is 0 Å². The summed E-state index contributed by atoms with van der Waals surface area (Å²) in [5, 5.41) is 10.1. The number of aliphatic hydroxyl groups is 1. The molecular weight excluding hydrogens is 229 g/mol. The van der Waals surface area contributed by atoms with E-state index in [1.807, 2.05) is 6.07 Å². The molecule has 0 radical (unpaired) electrons. The van der Waals surface area contributed by atoms with Crippen LogP contribution in [0.3, 0.4) is 0 Å². The van der Waals surface area contributed by atoms with Crippen LogP contribution < -0.4 is 0 Å². The Hall–Kier alpha value is -0.930. The predicted molar refractivity (Wildman–Crippen MR) is 71.0 cm³/mol. The van der Waals surface area contributed by atoms with Crippen LogP contribution in [0.1, 0.15) is 42.9 Å². The van der Waals surface area contributed by atoms with Crippen LogP contribution in [0.15, 0.2) is 18.2 Å². The van der Waals surface area contributed by atoms with E-state index in [1.165, 1.54) is 25.3 Å². The van der Waals surface area contributed by atoms with E-state index in [9.17, 15) is 9.50 Å². The number of hydrogen-bond acceptors (Lipinski definition) is 2. The van der Waals surface area contributed by atoms with Gasteiger partial charge in [0.1, 0.15) is 5.82 Å². The summed E-state index contributed by atoms with van der Waals surface area (Å²) in [6.07, 6.45) is 3.97. The maximum atomic E-state index is 13.4. The average molecular weight is 251 g/mol. The number of rotatable bonds is 4. The molecule has 1 aliphatic rings. The Bertz CT molecular complexity index is 388. The van der Waals surface area contributed by atoms with Gasteiger partial charge in [-0.15, -0.1) is 0 Å². The summed E-state index contributed by atoms with van der Waals surface area (Å²) in [5.74, 6) is -0.232. The molecule has 1 fully saturated rings. The summed E-state index contributed by atoms with van der Waals surface area (Å²) in [6, 6.07) is 5.00. The standard InChI is InChI=1S/C15H22FNO/c1-12-5-6-13(11-14(12)16)15(18)7-10-17-8-3-2-4-9-17/h5-6,11,15,18H,2-4,7-10H2,1H3. The van der Waals surface area contributed by atoms with Crippen molar-refractivity contribution in [2.24, 2.45) is 0 Å². The van der Waals surface area contributed by atoms with Crippen molar-refractivity contribution in [2.45, 2.75) is 38.7 Å².